The van der Waals surface area contributed by atoms with Gasteiger partial charge in [-0.3, -0.25) is 28.3 Å². The van der Waals surface area contributed by atoms with E-state index in [0.29, 0.717) is 65.7 Å². The number of nitrogens with one attached hydrogen (secondary N) is 1. The molecule has 4 N–H and O–H groups in total. The number of benzene rings is 4. The standard InChI is InChI=1S/C21H20F2N2O5.C20H17Cl2NO4/c1-12-16(11-19(28)24-8-9-26)17-10-14(27)4-7-18(17)25(12)20(29)13-2-5-15(6-3-13)30-21(22)23;1-10(20(25)26)18-11(2)23(19(24)12-4-6-13(21)7-5-12)16-9-15(22)17(27-3)8-14(16)18/h2-7,10,21,26-27H,8-9,11H2,1H3,(H,24,28);4-10H,1-3H3,(H,25,26). The summed E-state index contributed by atoms with van der Waals surface area (Å²) in [4.78, 5) is 50.1. The third kappa shape index (κ3) is 9.04. The number of hydrogen-bond donors (Lipinski definition) is 4. The molecule has 12 nitrogen and oxygen atoms in total. The second-order valence-corrected chi connectivity index (χ2v) is 13.6. The van der Waals surface area contributed by atoms with Gasteiger partial charge in [-0.25, -0.2) is 0 Å². The van der Waals surface area contributed by atoms with Crippen LogP contribution in [0.2, 0.25) is 10.0 Å². The number of halogens is 4. The number of carboxylic acids is 1. The molecule has 6 aromatic rings. The fourth-order valence-electron chi connectivity index (χ4n) is 6.53. The summed E-state index contributed by atoms with van der Waals surface area (Å²) in [6.07, 6.45) is -0.0484. The first kappa shape index (κ1) is 42.2. The summed E-state index contributed by atoms with van der Waals surface area (Å²) in [5.74, 6) is -2.51. The second-order valence-electron chi connectivity index (χ2n) is 12.8. The van der Waals surface area contributed by atoms with Crippen LogP contribution in [0, 0.1) is 13.8 Å². The molecule has 6 rings (SSSR count). The summed E-state index contributed by atoms with van der Waals surface area (Å²) in [6, 6.07) is 19.6. The van der Waals surface area contributed by atoms with Gasteiger partial charge in [0.1, 0.15) is 17.2 Å². The molecule has 0 aliphatic heterocycles. The summed E-state index contributed by atoms with van der Waals surface area (Å²) in [5.41, 5.74) is 3.85. The van der Waals surface area contributed by atoms with Gasteiger partial charge in [-0.15, -0.1) is 0 Å². The molecule has 0 fully saturated rings. The number of aromatic nitrogens is 2. The first-order chi connectivity index (χ1) is 27.1. The normalized spacial score (nSPS) is 11.6. The molecule has 4 aromatic carbocycles. The number of carbonyl (C=O) groups is 4. The van der Waals surface area contributed by atoms with Crippen molar-refractivity contribution < 1.29 is 52.8 Å². The highest BCUT2D eigenvalue weighted by Gasteiger charge is 2.28. The highest BCUT2D eigenvalue weighted by Crippen LogP contribution is 2.38. The zero-order valence-electron chi connectivity index (χ0n) is 31.0. The molecule has 0 saturated carbocycles. The van der Waals surface area contributed by atoms with Crippen molar-refractivity contribution in [1.29, 1.82) is 0 Å². The monoisotopic (exact) mass is 823 g/mol. The van der Waals surface area contributed by atoms with E-state index in [2.05, 4.69) is 10.1 Å². The summed E-state index contributed by atoms with van der Waals surface area (Å²) in [7, 11) is 1.48. The topological polar surface area (TPSA) is 169 Å². The SMILES string of the molecule is COc1cc2c(C(C)C(=O)O)c(C)n(C(=O)c3ccc(Cl)cc3)c2cc1Cl.Cc1c(CC(=O)NCCO)c2cc(O)ccc2n1C(=O)c1ccc(OC(F)F)cc1. The van der Waals surface area contributed by atoms with Crippen LogP contribution in [-0.4, -0.2) is 75.0 Å². The van der Waals surface area contributed by atoms with Gasteiger partial charge in [0.15, 0.2) is 0 Å². The van der Waals surface area contributed by atoms with Gasteiger partial charge >= 0.3 is 12.6 Å². The van der Waals surface area contributed by atoms with E-state index in [1.165, 1.54) is 52.6 Å². The van der Waals surface area contributed by atoms with Crippen molar-refractivity contribution >= 4 is 68.7 Å². The van der Waals surface area contributed by atoms with Gasteiger partial charge in [0.2, 0.25) is 5.91 Å². The van der Waals surface area contributed by atoms with Gasteiger partial charge in [0.25, 0.3) is 11.8 Å². The van der Waals surface area contributed by atoms with E-state index in [4.69, 9.17) is 33.0 Å². The van der Waals surface area contributed by atoms with Crippen LogP contribution in [0.4, 0.5) is 8.78 Å². The summed E-state index contributed by atoms with van der Waals surface area (Å²) in [6.45, 7) is 1.93. The minimum Gasteiger partial charge on any atom is -0.508 e. The Morgan fingerprint density at radius 3 is 1.98 bits per heavy atom. The van der Waals surface area contributed by atoms with Crippen LogP contribution < -0.4 is 14.8 Å². The van der Waals surface area contributed by atoms with Gasteiger partial charge in [0.05, 0.1) is 42.1 Å². The molecule has 0 radical (unpaired) electrons. The zero-order chi connectivity index (χ0) is 41.7. The van der Waals surface area contributed by atoms with E-state index in [0.717, 1.165) is 0 Å². The lowest BCUT2D eigenvalue weighted by atomic mass is 9.98. The number of fused-ring (bicyclic) bond motifs is 2. The Labute approximate surface area is 334 Å². The van der Waals surface area contributed by atoms with Crippen molar-refractivity contribution in [2.24, 2.45) is 0 Å². The molecule has 2 aromatic heterocycles. The van der Waals surface area contributed by atoms with Crippen LogP contribution in [0.25, 0.3) is 21.8 Å². The van der Waals surface area contributed by atoms with E-state index < -0.39 is 24.4 Å². The molecule has 298 valence electrons. The summed E-state index contributed by atoms with van der Waals surface area (Å²) < 4.78 is 37.1. The number of methoxy groups -OCH3 is 1. The number of carbonyl (C=O) groups excluding carboxylic acids is 3. The van der Waals surface area contributed by atoms with Crippen LogP contribution in [-0.2, 0) is 16.0 Å². The van der Waals surface area contributed by atoms with E-state index in [-0.39, 0.29) is 48.4 Å². The van der Waals surface area contributed by atoms with E-state index in [9.17, 15) is 38.2 Å². The van der Waals surface area contributed by atoms with Gasteiger partial charge < -0.3 is 30.1 Å². The zero-order valence-corrected chi connectivity index (χ0v) is 32.5. The number of aliphatic hydroxyl groups is 1. The number of nitrogens with zero attached hydrogens (tertiary/aromatic N) is 2. The minimum absolute atomic E-state index is 0.0161. The van der Waals surface area contributed by atoms with Crippen molar-refractivity contribution in [1.82, 2.24) is 14.5 Å². The fourth-order valence-corrected chi connectivity index (χ4v) is 6.89. The van der Waals surface area contributed by atoms with E-state index in [1.54, 1.807) is 63.2 Å². The van der Waals surface area contributed by atoms with Crippen molar-refractivity contribution in [2.45, 2.75) is 39.7 Å². The number of carboxylic acid groups (broad SMARTS) is 1. The largest absolute Gasteiger partial charge is 0.508 e. The van der Waals surface area contributed by atoms with Gasteiger partial charge in [-0.05, 0) is 111 Å². The number of rotatable bonds is 11. The molecule has 2 heterocycles. The minimum atomic E-state index is -2.96. The molecule has 1 amide bonds. The number of aromatic hydroxyl groups is 1. The molecular weight excluding hydrogens is 787 g/mol. The number of phenolic OH excluding ortho intramolecular Hbond substituents is 1. The predicted octanol–water partition coefficient (Wildman–Crippen LogP) is 7.74. The van der Waals surface area contributed by atoms with Crippen molar-refractivity contribution in [3.8, 4) is 17.2 Å². The Bertz CT molecular complexity index is 2480. The molecule has 1 unspecified atom stereocenters. The highest BCUT2D eigenvalue weighted by atomic mass is 35.5. The van der Waals surface area contributed by atoms with E-state index in [1.807, 2.05) is 0 Å². The van der Waals surface area contributed by atoms with Gasteiger partial charge in [0, 0.05) is 44.9 Å². The quantitative estimate of drug-likeness (QED) is 0.102. The van der Waals surface area contributed by atoms with Crippen LogP contribution in [0.3, 0.4) is 0 Å². The highest BCUT2D eigenvalue weighted by molar-refractivity contribution is 6.33. The molecule has 0 aliphatic rings. The van der Waals surface area contributed by atoms with Crippen LogP contribution >= 0.6 is 23.2 Å². The third-order valence-electron chi connectivity index (χ3n) is 9.24. The fraction of sp³-hybridized carbons (Fsp3) is 0.220. The lowest BCUT2D eigenvalue weighted by molar-refractivity contribution is -0.138. The molecule has 57 heavy (non-hydrogen) atoms. The van der Waals surface area contributed by atoms with E-state index >= 15 is 0 Å². The number of alkyl halides is 2. The molecule has 16 heteroatoms. The predicted molar refractivity (Wildman–Crippen MR) is 210 cm³/mol. The molecule has 0 bridgehead atoms. The number of phenols is 1. The smallest absolute Gasteiger partial charge is 0.387 e. The molecule has 0 saturated heterocycles. The molecule has 1 atom stereocenters. The lowest BCUT2D eigenvalue weighted by Gasteiger charge is -2.09. The van der Waals surface area contributed by atoms with Crippen LogP contribution in [0.5, 0.6) is 17.2 Å². The first-order valence-electron chi connectivity index (χ1n) is 17.3. The Kier molecular flexibility index (Phi) is 13.2. The van der Waals surface area contributed by atoms with Crippen LogP contribution in [0.15, 0.2) is 78.9 Å². The second kappa shape index (κ2) is 17.9. The van der Waals surface area contributed by atoms with Crippen molar-refractivity contribution in [3.63, 3.8) is 0 Å². The van der Waals surface area contributed by atoms with Gasteiger partial charge in [-0.1, -0.05) is 23.2 Å². The van der Waals surface area contributed by atoms with Crippen LogP contribution in [0.1, 0.15) is 56.1 Å². The maximum atomic E-state index is 13.2. The molecular formula is C41H37Cl2F2N3O9. The molecule has 0 spiro atoms. The number of aliphatic hydroxyl groups excluding tert-OH is 1. The number of hydrogen-bond acceptors (Lipinski definition) is 8. The Hall–Kier alpha value is -5.96. The summed E-state index contributed by atoms with van der Waals surface area (Å²) >= 11 is 12.2. The number of amides is 1. The third-order valence-corrected chi connectivity index (χ3v) is 9.79. The Morgan fingerprint density at radius 1 is 0.825 bits per heavy atom. The number of aliphatic carboxylic acids is 1. The Balaban J connectivity index is 0.000000219. The average molecular weight is 825 g/mol. The van der Waals surface area contributed by atoms with Crippen molar-refractivity contribution in [3.05, 3.63) is 123 Å². The van der Waals surface area contributed by atoms with Gasteiger partial charge in [-0.2, -0.15) is 8.78 Å². The summed E-state index contributed by atoms with van der Waals surface area (Å²) in [5, 5.41) is 32.9. The lowest BCUT2D eigenvalue weighted by Crippen LogP contribution is -2.28. The Morgan fingerprint density at radius 2 is 1.42 bits per heavy atom. The molecule has 0 aliphatic carbocycles. The average Bonchev–Trinajstić information content (AvgIpc) is 3.60. The van der Waals surface area contributed by atoms with Crippen molar-refractivity contribution in [2.75, 3.05) is 20.3 Å². The number of ether oxygens (including phenoxy) is 2. The maximum absolute atomic E-state index is 13.2. The first-order valence-corrected chi connectivity index (χ1v) is 18.0. The maximum Gasteiger partial charge on any atom is 0.387 e.